The molecule has 0 radical (unpaired) electrons. The lowest BCUT2D eigenvalue weighted by atomic mass is 10.2. The summed E-state index contributed by atoms with van der Waals surface area (Å²) in [5.74, 6) is -0.0627. The highest BCUT2D eigenvalue weighted by atomic mass is 16.5. The van der Waals surface area contributed by atoms with Gasteiger partial charge < -0.3 is 24.2 Å². The van der Waals surface area contributed by atoms with Gasteiger partial charge in [-0.25, -0.2) is 4.79 Å². The maximum atomic E-state index is 12.4. The fourth-order valence-electron chi connectivity index (χ4n) is 3.38. The Kier molecular flexibility index (Phi) is 8.61. The number of anilines is 1. The summed E-state index contributed by atoms with van der Waals surface area (Å²) in [6.45, 7) is 8.50. The predicted octanol–water partition coefficient (Wildman–Crippen LogP) is 4.15. The molecule has 184 valence electrons. The van der Waals surface area contributed by atoms with Gasteiger partial charge in [0.05, 0.1) is 16.8 Å². The summed E-state index contributed by atoms with van der Waals surface area (Å²) in [5, 5.41) is 6.54. The minimum atomic E-state index is -0.650. The quantitative estimate of drug-likeness (QED) is 0.435. The van der Waals surface area contributed by atoms with E-state index in [0.717, 1.165) is 11.3 Å². The molecule has 0 bridgehead atoms. The molecule has 0 aliphatic rings. The van der Waals surface area contributed by atoms with Crippen LogP contribution in [0.2, 0.25) is 0 Å². The normalized spacial score (nSPS) is 10.5. The molecule has 9 heteroatoms. The number of benzene rings is 2. The molecule has 0 saturated carbocycles. The molecule has 35 heavy (non-hydrogen) atoms. The lowest BCUT2D eigenvalue weighted by Gasteiger charge is -2.18. The molecular weight excluding hydrogens is 450 g/mol. The first-order valence-corrected chi connectivity index (χ1v) is 11.3. The van der Waals surface area contributed by atoms with Crippen LogP contribution in [0.25, 0.3) is 0 Å². The van der Waals surface area contributed by atoms with Gasteiger partial charge in [-0.3, -0.25) is 9.59 Å². The average Bonchev–Trinajstić information content (AvgIpc) is 3.19. The van der Waals surface area contributed by atoms with Crippen LogP contribution in [0.15, 0.2) is 53.1 Å². The molecule has 3 rings (SSSR count). The first kappa shape index (κ1) is 25.5. The number of amides is 2. The van der Waals surface area contributed by atoms with Crippen molar-refractivity contribution in [1.82, 2.24) is 10.1 Å². The summed E-state index contributed by atoms with van der Waals surface area (Å²) in [4.78, 5) is 38.7. The fraction of sp³-hybridized carbons (Fsp3) is 0.308. The minimum absolute atomic E-state index is 0.0697. The number of hydrogen-bond donors (Lipinski definition) is 1. The molecule has 3 aromatic rings. The highest BCUT2D eigenvalue weighted by Crippen LogP contribution is 2.19. The maximum absolute atomic E-state index is 12.4. The summed E-state index contributed by atoms with van der Waals surface area (Å²) in [5.41, 5.74) is 2.88. The Labute approximate surface area is 204 Å². The minimum Gasteiger partial charge on any atom is -0.489 e. The lowest BCUT2D eigenvalue weighted by Crippen LogP contribution is -2.30. The highest BCUT2D eigenvalue weighted by molar-refractivity contribution is 5.97. The molecule has 0 spiro atoms. The van der Waals surface area contributed by atoms with Crippen molar-refractivity contribution in [3.8, 4) is 5.75 Å². The van der Waals surface area contributed by atoms with Crippen molar-refractivity contribution in [3.05, 3.63) is 76.7 Å². The monoisotopic (exact) mass is 479 g/mol. The van der Waals surface area contributed by atoms with E-state index < -0.39 is 18.5 Å². The predicted molar refractivity (Wildman–Crippen MR) is 129 cm³/mol. The van der Waals surface area contributed by atoms with Crippen LogP contribution in [-0.2, 0) is 16.1 Å². The zero-order valence-corrected chi connectivity index (χ0v) is 20.3. The molecule has 0 fully saturated rings. The maximum Gasteiger partial charge on any atom is 0.338 e. The number of carbonyl (C=O) groups excluding carboxylic acids is 3. The van der Waals surface area contributed by atoms with Crippen molar-refractivity contribution in [2.75, 3.05) is 25.0 Å². The van der Waals surface area contributed by atoms with Crippen molar-refractivity contribution >= 4 is 23.5 Å². The van der Waals surface area contributed by atoms with Gasteiger partial charge in [-0.1, -0.05) is 11.2 Å². The van der Waals surface area contributed by atoms with E-state index in [1.54, 1.807) is 60.4 Å². The number of nitrogens with one attached hydrogen (secondary N) is 1. The third-order valence-corrected chi connectivity index (χ3v) is 5.43. The summed E-state index contributed by atoms with van der Waals surface area (Å²) in [6, 6.07) is 13.1. The van der Waals surface area contributed by atoms with Gasteiger partial charge in [-0.2, -0.15) is 0 Å². The molecule has 2 aromatic carbocycles. The summed E-state index contributed by atoms with van der Waals surface area (Å²) >= 11 is 0. The third-order valence-electron chi connectivity index (χ3n) is 5.43. The number of nitrogens with zero attached hydrogens (tertiary/aromatic N) is 2. The number of carbonyl (C=O) groups is 3. The van der Waals surface area contributed by atoms with Gasteiger partial charge in [-0.15, -0.1) is 0 Å². The second kappa shape index (κ2) is 11.8. The SMILES string of the molecule is CCN(CC)C(=O)c1ccc(NC(=O)COC(=O)c2cccc(OCc3c(C)noc3C)c2)cc1. The van der Waals surface area contributed by atoms with Gasteiger partial charge in [-0.05, 0) is 70.2 Å². The van der Waals surface area contributed by atoms with Gasteiger partial charge in [0.15, 0.2) is 6.61 Å². The number of hydrogen-bond acceptors (Lipinski definition) is 7. The van der Waals surface area contributed by atoms with Crippen LogP contribution in [0.3, 0.4) is 0 Å². The van der Waals surface area contributed by atoms with Crippen LogP contribution >= 0.6 is 0 Å². The molecule has 1 N–H and O–H groups in total. The first-order chi connectivity index (χ1) is 16.8. The van der Waals surface area contributed by atoms with Gasteiger partial charge in [0.1, 0.15) is 18.1 Å². The Morgan fingerprint density at radius 1 is 1.00 bits per heavy atom. The van der Waals surface area contributed by atoms with E-state index in [4.69, 9.17) is 14.0 Å². The van der Waals surface area contributed by atoms with Gasteiger partial charge in [0.2, 0.25) is 0 Å². The molecule has 9 nitrogen and oxygen atoms in total. The zero-order chi connectivity index (χ0) is 25.4. The molecule has 2 amide bonds. The zero-order valence-electron chi connectivity index (χ0n) is 20.3. The van der Waals surface area contributed by atoms with Crippen molar-refractivity contribution < 1.29 is 28.4 Å². The van der Waals surface area contributed by atoms with Crippen LogP contribution in [0, 0.1) is 13.8 Å². The van der Waals surface area contributed by atoms with Crippen LogP contribution in [-0.4, -0.2) is 47.5 Å². The Morgan fingerprint density at radius 2 is 1.71 bits per heavy atom. The highest BCUT2D eigenvalue weighted by Gasteiger charge is 2.15. The molecule has 0 aliphatic heterocycles. The molecular formula is C26H29N3O6. The second-order valence-corrected chi connectivity index (χ2v) is 7.80. The van der Waals surface area contributed by atoms with Crippen molar-refractivity contribution in [2.24, 2.45) is 0 Å². The van der Waals surface area contributed by atoms with E-state index in [0.29, 0.717) is 35.9 Å². The van der Waals surface area contributed by atoms with E-state index in [-0.39, 0.29) is 18.1 Å². The van der Waals surface area contributed by atoms with Crippen LogP contribution < -0.4 is 10.1 Å². The first-order valence-electron chi connectivity index (χ1n) is 11.3. The molecule has 0 atom stereocenters. The lowest BCUT2D eigenvalue weighted by molar-refractivity contribution is -0.119. The van der Waals surface area contributed by atoms with Crippen LogP contribution in [0.5, 0.6) is 5.75 Å². The van der Waals surface area contributed by atoms with Crippen molar-refractivity contribution in [1.29, 1.82) is 0 Å². The van der Waals surface area contributed by atoms with E-state index in [2.05, 4.69) is 10.5 Å². The summed E-state index contributed by atoms with van der Waals surface area (Å²) < 4.78 is 16.0. The number of ether oxygens (including phenoxy) is 2. The Hall–Kier alpha value is -4.14. The largest absolute Gasteiger partial charge is 0.489 e. The molecule has 1 aromatic heterocycles. The van der Waals surface area contributed by atoms with Crippen molar-refractivity contribution in [3.63, 3.8) is 0 Å². The summed E-state index contributed by atoms with van der Waals surface area (Å²) in [6.07, 6.45) is 0. The number of aromatic nitrogens is 1. The topological polar surface area (TPSA) is 111 Å². The van der Waals surface area contributed by atoms with E-state index >= 15 is 0 Å². The van der Waals surface area contributed by atoms with E-state index in [1.807, 2.05) is 20.8 Å². The standard InChI is InChI=1S/C26H29N3O6/c1-5-29(6-2)25(31)19-10-12-21(13-11-19)27-24(30)16-34-26(32)20-8-7-9-22(14-20)33-15-23-17(3)28-35-18(23)4/h7-14H,5-6,15-16H2,1-4H3,(H,27,30). The van der Waals surface area contributed by atoms with Gasteiger partial charge in [0.25, 0.3) is 11.8 Å². The van der Waals surface area contributed by atoms with Crippen molar-refractivity contribution in [2.45, 2.75) is 34.3 Å². The molecule has 0 saturated heterocycles. The molecule has 1 heterocycles. The second-order valence-electron chi connectivity index (χ2n) is 7.80. The number of aryl methyl sites for hydroxylation is 2. The van der Waals surface area contributed by atoms with E-state index in [1.165, 1.54) is 0 Å². The number of rotatable bonds is 10. The Morgan fingerprint density at radius 3 is 2.34 bits per heavy atom. The third kappa shape index (κ3) is 6.69. The number of esters is 1. The van der Waals surface area contributed by atoms with Crippen LogP contribution in [0.1, 0.15) is 51.6 Å². The van der Waals surface area contributed by atoms with Gasteiger partial charge >= 0.3 is 5.97 Å². The fourth-order valence-corrected chi connectivity index (χ4v) is 3.38. The van der Waals surface area contributed by atoms with Crippen LogP contribution in [0.4, 0.5) is 5.69 Å². The van der Waals surface area contributed by atoms with E-state index in [9.17, 15) is 14.4 Å². The van der Waals surface area contributed by atoms with Gasteiger partial charge in [0, 0.05) is 24.3 Å². The Balaban J connectivity index is 1.51. The summed E-state index contributed by atoms with van der Waals surface area (Å²) in [7, 11) is 0. The smallest absolute Gasteiger partial charge is 0.338 e. The molecule has 0 unspecified atom stereocenters. The average molecular weight is 480 g/mol. The molecule has 0 aliphatic carbocycles. The Bertz CT molecular complexity index is 1160.